The van der Waals surface area contributed by atoms with E-state index in [1.807, 2.05) is 6.92 Å². The maximum Gasteiger partial charge on any atom is 0.252 e. The second kappa shape index (κ2) is 8.43. The molecule has 0 heterocycles. The van der Waals surface area contributed by atoms with Gasteiger partial charge in [-0.25, -0.2) is 4.39 Å². The first-order valence-electron chi connectivity index (χ1n) is 7.32. The van der Waals surface area contributed by atoms with Gasteiger partial charge in [-0.15, -0.1) is 0 Å². The first kappa shape index (κ1) is 17.2. The summed E-state index contributed by atoms with van der Waals surface area (Å²) in [5, 5.41) is 2.94. The lowest BCUT2D eigenvalue weighted by molar-refractivity contribution is 0.0924. The van der Waals surface area contributed by atoms with Gasteiger partial charge < -0.3 is 11.1 Å². The van der Waals surface area contributed by atoms with Crippen molar-refractivity contribution < 1.29 is 9.18 Å². The van der Waals surface area contributed by atoms with Crippen molar-refractivity contribution >= 4 is 5.91 Å². The third-order valence-electron chi connectivity index (χ3n) is 3.67. The Kier molecular flexibility index (Phi) is 6.90. The molecule has 0 aliphatic heterocycles. The molecule has 0 bridgehead atoms. The number of carbonyl (C=O) groups is 1. The Hall–Kier alpha value is -1.86. The summed E-state index contributed by atoms with van der Waals surface area (Å²) >= 11 is 0. The average molecular weight is 290 g/mol. The van der Waals surface area contributed by atoms with Crippen LogP contribution in [0.15, 0.2) is 18.2 Å². The molecule has 21 heavy (non-hydrogen) atoms. The summed E-state index contributed by atoms with van der Waals surface area (Å²) in [6.45, 7) is 6.36. The highest BCUT2D eigenvalue weighted by Crippen LogP contribution is 2.15. The van der Waals surface area contributed by atoms with E-state index in [4.69, 9.17) is 5.73 Å². The van der Waals surface area contributed by atoms with Crippen molar-refractivity contribution in [2.75, 3.05) is 6.54 Å². The van der Waals surface area contributed by atoms with Crippen LogP contribution in [-0.2, 0) is 0 Å². The van der Waals surface area contributed by atoms with Crippen molar-refractivity contribution in [3.63, 3.8) is 0 Å². The Morgan fingerprint density at radius 3 is 2.62 bits per heavy atom. The van der Waals surface area contributed by atoms with Crippen LogP contribution in [0.3, 0.4) is 0 Å². The molecule has 1 atom stereocenters. The number of amides is 1. The molecule has 0 saturated heterocycles. The van der Waals surface area contributed by atoms with Gasteiger partial charge in [-0.1, -0.05) is 38.5 Å². The highest BCUT2D eigenvalue weighted by Gasteiger charge is 2.18. The van der Waals surface area contributed by atoms with Crippen LogP contribution in [0.5, 0.6) is 0 Å². The molecule has 0 fully saturated rings. The minimum absolute atomic E-state index is 0.0334. The highest BCUT2D eigenvalue weighted by atomic mass is 19.1. The van der Waals surface area contributed by atoms with E-state index in [9.17, 15) is 9.18 Å². The van der Waals surface area contributed by atoms with E-state index < -0.39 is 5.82 Å². The van der Waals surface area contributed by atoms with E-state index in [1.54, 1.807) is 0 Å². The molecule has 0 spiro atoms. The normalized spacial score (nSPS) is 11.7. The van der Waals surface area contributed by atoms with Gasteiger partial charge >= 0.3 is 0 Å². The van der Waals surface area contributed by atoms with Gasteiger partial charge in [-0.2, -0.15) is 0 Å². The van der Waals surface area contributed by atoms with E-state index in [0.29, 0.717) is 11.5 Å². The lowest BCUT2D eigenvalue weighted by Gasteiger charge is -2.22. The van der Waals surface area contributed by atoms with Crippen molar-refractivity contribution in [1.29, 1.82) is 0 Å². The predicted molar refractivity (Wildman–Crippen MR) is 83.3 cm³/mol. The van der Waals surface area contributed by atoms with Crippen LogP contribution in [0, 0.1) is 23.6 Å². The summed E-state index contributed by atoms with van der Waals surface area (Å²) in [6.07, 6.45) is 1.97. The molecule has 4 heteroatoms. The summed E-state index contributed by atoms with van der Waals surface area (Å²) < 4.78 is 13.4. The zero-order chi connectivity index (χ0) is 15.8. The van der Waals surface area contributed by atoms with E-state index >= 15 is 0 Å². The number of nitrogens with two attached hydrogens (primary N) is 1. The maximum atomic E-state index is 13.4. The number of rotatable bonds is 5. The van der Waals surface area contributed by atoms with E-state index in [2.05, 4.69) is 31.0 Å². The molecular formula is C17H23FN2O. The second-order valence-corrected chi connectivity index (χ2v) is 5.03. The molecule has 114 valence electrons. The van der Waals surface area contributed by atoms with Gasteiger partial charge in [0.25, 0.3) is 5.91 Å². The van der Waals surface area contributed by atoms with Crippen molar-refractivity contribution in [2.24, 2.45) is 11.7 Å². The van der Waals surface area contributed by atoms with Crippen LogP contribution in [-0.4, -0.2) is 18.5 Å². The minimum atomic E-state index is -0.450. The zero-order valence-corrected chi connectivity index (χ0v) is 12.9. The Labute approximate surface area is 126 Å². The third kappa shape index (κ3) is 4.87. The van der Waals surface area contributed by atoms with Crippen LogP contribution in [0.25, 0.3) is 0 Å². The van der Waals surface area contributed by atoms with Crippen LogP contribution < -0.4 is 11.1 Å². The number of hydrogen-bond donors (Lipinski definition) is 2. The summed E-state index contributed by atoms with van der Waals surface area (Å²) in [6, 6.07) is 4.05. The quantitative estimate of drug-likeness (QED) is 0.819. The highest BCUT2D eigenvalue weighted by molar-refractivity contribution is 5.96. The summed E-state index contributed by atoms with van der Waals surface area (Å²) in [4.78, 5) is 12.4. The molecule has 0 aliphatic carbocycles. The van der Waals surface area contributed by atoms with Crippen LogP contribution in [0.4, 0.5) is 4.39 Å². The van der Waals surface area contributed by atoms with Crippen LogP contribution in [0.2, 0.25) is 0 Å². The van der Waals surface area contributed by atoms with Gasteiger partial charge in [0, 0.05) is 11.6 Å². The van der Waals surface area contributed by atoms with E-state index in [1.165, 1.54) is 18.2 Å². The average Bonchev–Trinajstić information content (AvgIpc) is 2.47. The molecule has 0 saturated carbocycles. The maximum absolute atomic E-state index is 13.4. The van der Waals surface area contributed by atoms with Crippen LogP contribution in [0.1, 0.15) is 49.5 Å². The predicted octanol–water partition coefficient (Wildman–Crippen LogP) is 2.69. The van der Waals surface area contributed by atoms with Gasteiger partial charge in [0.15, 0.2) is 0 Å². The number of hydrogen-bond acceptors (Lipinski definition) is 2. The minimum Gasteiger partial charge on any atom is -0.349 e. The van der Waals surface area contributed by atoms with Gasteiger partial charge in [0.1, 0.15) is 5.82 Å². The van der Waals surface area contributed by atoms with Gasteiger partial charge in [-0.05, 0) is 31.0 Å². The van der Waals surface area contributed by atoms with Crippen molar-refractivity contribution in [3.05, 3.63) is 35.1 Å². The summed E-state index contributed by atoms with van der Waals surface area (Å²) in [5.41, 5.74) is 6.10. The number of halogens is 1. The topological polar surface area (TPSA) is 55.1 Å². The Bertz CT molecular complexity index is 541. The largest absolute Gasteiger partial charge is 0.349 e. The summed E-state index contributed by atoms with van der Waals surface area (Å²) in [5.74, 6) is 5.16. The van der Waals surface area contributed by atoms with Crippen LogP contribution >= 0.6 is 0 Å². The zero-order valence-electron chi connectivity index (χ0n) is 12.9. The third-order valence-corrected chi connectivity index (χ3v) is 3.67. The molecule has 1 aromatic rings. The lowest BCUT2D eigenvalue weighted by atomic mass is 9.95. The molecule has 0 aromatic heterocycles. The smallest absolute Gasteiger partial charge is 0.252 e. The molecule has 0 aliphatic rings. The molecule has 3 N–H and O–H groups in total. The SMILES string of the molecule is CCC(CC)C(C)NC(=O)c1cc(F)ccc1C#CCN. The Balaban J connectivity index is 2.98. The lowest BCUT2D eigenvalue weighted by Crippen LogP contribution is -2.38. The molecule has 1 amide bonds. The number of nitrogens with one attached hydrogen (secondary N) is 1. The van der Waals surface area contributed by atoms with Gasteiger partial charge in [0.05, 0.1) is 12.1 Å². The Morgan fingerprint density at radius 1 is 1.38 bits per heavy atom. The first-order chi connectivity index (χ1) is 10.0. The number of carbonyl (C=O) groups excluding carboxylic acids is 1. The fraction of sp³-hybridized carbons (Fsp3) is 0.471. The fourth-order valence-electron chi connectivity index (χ4n) is 2.36. The molecule has 0 radical (unpaired) electrons. The van der Waals surface area contributed by atoms with Gasteiger partial charge in [-0.3, -0.25) is 4.79 Å². The van der Waals surface area contributed by atoms with Crippen molar-refractivity contribution in [3.8, 4) is 11.8 Å². The van der Waals surface area contributed by atoms with Crippen molar-refractivity contribution in [2.45, 2.75) is 39.7 Å². The Morgan fingerprint density at radius 2 is 2.05 bits per heavy atom. The fourth-order valence-corrected chi connectivity index (χ4v) is 2.36. The monoisotopic (exact) mass is 290 g/mol. The standard InChI is InChI=1S/C17H23FN2O/c1-4-13(5-2)12(3)20-17(21)16-11-15(18)9-8-14(16)7-6-10-19/h8-9,11-13H,4-5,10,19H2,1-3H3,(H,20,21). The van der Waals surface area contributed by atoms with Gasteiger partial charge in [0.2, 0.25) is 0 Å². The second-order valence-electron chi connectivity index (χ2n) is 5.03. The van der Waals surface area contributed by atoms with Crippen molar-refractivity contribution in [1.82, 2.24) is 5.32 Å². The van der Waals surface area contributed by atoms with E-state index in [-0.39, 0.29) is 24.1 Å². The van der Waals surface area contributed by atoms with E-state index in [0.717, 1.165) is 12.8 Å². The molecule has 1 unspecified atom stereocenters. The molecule has 1 rings (SSSR count). The molecular weight excluding hydrogens is 267 g/mol. The number of benzene rings is 1. The molecule has 1 aromatic carbocycles. The molecule has 3 nitrogen and oxygen atoms in total. The first-order valence-corrected chi connectivity index (χ1v) is 7.32. The summed E-state index contributed by atoms with van der Waals surface area (Å²) in [7, 11) is 0.